The number of nitrogens with zero attached hydrogens (tertiary/aromatic N) is 3. The molecule has 0 saturated heterocycles. The van der Waals surface area contributed by atoms with Crippen LogP contribution in [0.5, 0.6) is 0 Å². The van der Waals surface area contributed by atoms with Crippen molar-refractivity contribution in [2.24, 2.45) is 10.7 Å². The highest BCUT2D eigenvalue weighted by Gasteiger charge is 2.04. The van der Waals surface area contributed by atoms with E-state index in [-0.39, 0.29) is 12.5 Å². The van der Waals surface area contributed by atoms with Gasteiger partial charge in [0, 0.05) is 23.8 Å². The van der Waals surface area contributed by atoms with Gasteiger partial charge >= 0.3 is 0 Å². The van der Waals surface area contributed by atoms with Gasteiger partial charge in [-0.3, -0.25) is 9.48 Å². The molecule has 1 heterocycles. The molecular formula is C21H24N6O. The highest BCUT2D eigenvalue weighted by atomic mass is 16.2. The molecule has 0 bridgehead atoms. The maximum absolute atomic E-state index is 12.1. The van der Waals surface area contributed by atoms with Crippen LogP contribution >= 0.6 is 0 Å². The topological polar surface area (TPSA) is 97.3 Å². The van der Waals surface area contributed by atoms with Gasteiger partial charge in [-0.15, -0.1) is 0 Å². The van der Waals surface area contributed by atoms with Gasteiger partial charge in [0.25, 0.3) is 0 Å². The Morgan fingerprint density at radius 3 is 2.64 bits per heavy atom. The van der Waals surface area contributed by atoms with Gasteiger partial charge in [-0.05, 0) is 60.9 Å². The number of rotatable bonds is 6. The van der Waals surface area contributed by atoms with Crippen molar-refractivity contribution in [3.63, 3.8) is 0 Å². The Labute approximate surface area is 164 Å². The minimum absolute atomic E-state index is 0.139. The molecule has 0 fully saturated rings. The van der Waals surface area contributed by atoms with Crippen LogP contribution in [0.25, 0.3) is 0 Å². The summed E-state index contributed by atoms with van der Waals surface area (Å²) in [6, 6.07) is 15.4. The number of hydrogen-bond donors (Lipinski definition) is 3. The molecule has 0 radical (unpaired) electrons. The number of nitrogens with one attached hydrogen (secondary N) is 2. The molecular weight excluding hydrogens is 352 g/mol. The van der Waals surface area contributed by atoms with Gasteiger partial charge in [0.15, 0.2) is 5.96 Å². The van der Waals surface area contributed by atoms with Crippen molar-refractivity contribution in [1.82, 2.24) is 9.78 Å². The molecule has 1 aromatic heterocycles. The minimum Gasteiger partial charge on any atom is -0.370 e. The smallest absolute Gasteiger partial charge is 0.246 e. The van der Waals surface area contributed by atoms with Gasteiger partial charge in [-0.25, -0.2) is 4.99 Å². The van der Waals surface area contributed by atoms with E-state index in [4.69, 9.17) is 5.73 Å². The number of aromatic nitrogens is 2. The van der Waals surface area contributed by atoms with Crippen molar-refractivity contribution in [3.05, 3.63) is 77.6 Å². The molecule has 7 heteroatoms. The zero-order chi connectivity index (χ0) is 19.9. The predicted molar refractivity (Wildman–Crippen MR) is 112 cm³/mol. The number of carbonyl (C=O) groups excluding carboxylic acids is 1. The average molecular weight is 376 g/mol. The molecule has 0 unspecified atom stereocenters. The lowest BCUT2D eigenvalue weighted by atomic mass is 10.1. The van der Waals surface area contributed by atoms with E-state index in [1.165, 1.54) is 11.1 Å². The Balaban J connectivity index is 1.58. The normalized spacial score (nSPS) is 11.3. The Morgan fingerprint density at radius 1 is 1.07 bits per heavy atom. The largest absolute Gasteiger partial charge is 0.370 e. The summed E-state index contributed by atoms with van der Waals surface area (Å²) >= 11 is 0. The first-order chi connectivity index (χ1) is 13.5. The Morgan fingerprint density at radius 2 is 1.89 bits per heavy atom. The average Bonchev–Trinajstić information content (AvgIpc) is 3.16. The second-order valence-corrected chi connectivity index (χ2v) is 6.58. The monoisotopic (exact) mass is 376 g/mol. The van der Waals surface area contributed by atoms with Crippen molar-refractivity contribution in [3.8, 4) is 0 Å². The molecule has 7 nitrogen and oxygen atoms in total. The number of amides is 1. The fraction of sp³-hybridized carbons (Fsp3) is 0.190. The van der Waals surface area contributed by atoms with E-state index in [1.54, 1.807) is 23.1 Å². The van der Waals surface area contributed by atoms with Crippen LogP contribution in [0.3, 0.4) is 0 Å². The van der Waals surface area contributed by atoms with Crippen LogP contribution in [-0.4, -0.2) is 21.6 Å². The summed E-state index contributed by atoms with van der Waals surface area (Å²) in [4.78, 5) is 16.5. The molecule has 0 saturated carbocycles. The lowest BCUT2D eigenvalue weighted by Crippen LogP contribution is -2.22. The fourth-order valence-electron chi connectivity index (χ4n) is 2.67. The summed E-state index contributed by atoms with van der Waals surface area (Å²) in [6.45, 7) is 4.70. The van der Waals surface area contributed by atoms with Gasteiger partial charge in [0.05, 0.1) is 6.54 Å². The molecule has 28 heavy (non-hydrogen) atoms. The summed E-state index contributed by atoms with van der Waals surface area (Å²) in [7, 11) is 0. The molecule has 1 amide bonds. The van der Waals surface area contributed by atoms with Crippen LogP contribution in [0.4, 0.5) is 11.4 Å². The summed E-state index contributed by atoms with van der Waals surface area (Å²) in [5.74, 6) is 0.205. The highest BCUT2D eigenvalue weighted by Crippen LogP contribution is 2.14. The maximum atomic E-state index is 12.1. The minimum atomic E-state index is -0.139. The molecule has 0 aliphatic rings. The molecule has 3 rings (SSSR count). The third-order valence-corrected chi connectivity index (χ3v) is 4.29. The van der Waals surface area contributed by atoms with Crippen LogP contribution in [-0.2, 0) is 17.9 Å². The van der Waals surface area contributed by atoms with Crippen molar-refractivity contribution in [1.29, 1.82) is 0 Å². The predicted octanol–water partition coefficient (Wildman–Crippen LogP) is 3.07. The number of carbonyl (C=O) groups is 1. The van der Waals surface area contributed by atoms with Crippen LogP contribution in [0, 0.1) is 13.8 Å². The molecule has 0 aliphatic heterocycles. The van der Waals surface area contributed by atoms with Gasteiger partial charge in [-0.2, -0.15) is 5.10 Å². The summed E-state index contributed by atoms with van der Waals surface area (Å²) < 4.78 is 1.57. The molecule has 0 atom stereocenters. The quantitative estimate of drug-likeness (QED) is 0.455. The summed E-state index contributed by atoms with van der Waals surface area (Å²) in [5.41, 5.74) is 11.0. The van der Waals surface area contributed by atoms with E-state index < -0.39 is 0 Å². The Bertz CT molecular complexity index is 978. The maximum Gasteiger partial charge on any atom is 0.246 e. The van der Waals surface area contributed by atoms with Crippen LogP contribution in [0.2, 0.25) is 0 Å². The van der Waals surface area contributed by atoms with Crippen molar-refractivity contribution in [2.45, 2.75) is 26.9 Å². The standard InChI is InChI=1S/C21H24N6O/c1-15-7-8-19(11-16(15)2)26-21(22)23-13-17-5-3-6-18(12-17)25-20(28)14-27-10-4-9-24-27/h3-12H,13-14H2,1-2H3,(H,25,28)(H3,22,23,26). The summed E-state index contributed by atoms with van der Waals surface area (Å²) in [5, 5.41) is 9.99. The van der Waals surface area contributed by atoms with E-state index in [2.05, 4.69) is 34.6 Å². The van der Waals surface area contributed by atoms with E-state index in [0.29, 0.717) is 18.2 Å². The highest BCUT2D eigenvalue weighted by molar-refractivity contribution is 5.92. The second-order valence-electron chi connectivity index (χ2n) is 6.58. The third kappa shape index (κ3) is 5.44. The number of nitrogens with two attached hydrogens (primary N) is 1. The van der Waals surface area contributed by atoms with Gasteiger partial charge in [-0.1, -0.05) is 18.2 Å². The van der Waals surface area contributed by atoms with Crippen molar-refractivity contribution >= 4 is 23.2 Å². The number of aryl methyl sites for hydroxylation is 2. The first-order valence-corrected chi connectivity index (χ1v) is 9.00. The van der Waals surface area contributed by atoms with Gasteiger partial charge < -0.3 is 16.4 Å². The molecule has 4 N–H and O–H groups in total. The summed E-state index contributed by atoms with van der Waals surface area (Å²) in [6.07, 6.45) is 3.39. The lowest BCUT2D eigenvalue weighted by molar-refractivity contribution is -0.116. The zero-order valence-electron chi connectivity index (χ0n) is 16.0. The number of benzene rings is 2. The first-order valence-electron chi connectivity index (χ1n) is 9.00. The zero-order valence-corrected chi connectivity index (χ0v) is 16.0. The van der Waals surface area contributed by atoms with Crippen LogP contribution < -0.4 is 16.4 Å². The van der Waals surface area contributed by atoms with E-state index in [0.717, 1.165) is 11.3 Å². The second kappa shape index (κ2) is 8.85. The number of aliphatic imine (C=N–C) groups is 1. The molecule has 2 aromatic carbocycles. The lowest BCUT2D eigenvalue weighted by Gasteiger charge is -2.09. The van der Waals surface area contributed by atoms with Gasteiger partial charge in [0.2, 0.25) is 5.91 Å². The number of guanidine groups is 1. The molecule has 0 aliphatic carbocycles. The van der Waals surface area contributed by atoms with Crippen molar-refractivity contribution in [2.75, 3.05) is 10.6 Å². The third-order valence-electron chi connectivity index (χ3n) is 4.29. The van der Waals surface area contributed by atoms with E-state index in [9.17, 15) is 4.79 Å². The van der Waals surface area contributed by atoms with Crippen LogP contribution in [0.1, 0.15) is 16.7 Å². The van der Waals surface area contributed by atoms with Gasteiger partial charge in [0.1, 0.15) is 6.54 Å². The van der Waals surface area contributed by atoms with E-state index in [1.807, 2.05) is 42.5 Å². The number of anilines is 2. The molecule has 0 spiro atoms. The SMILES string of the molecule is Cc1ccc(NC(N)=NCc2cccc(NC(=O)Cn3cccn3)c2)cc1C. The Hall–Kier alpha value is -3.61. The first kappa shape index (κ1) is 19.2. The molecule has 3 aromatic rings. The van der Waals surface area contributed by atoms with E-state index >= 15 is 0 Å². The fourth-order valence-corrected chi connectivity index (χ4v) is 2.67. The van der Waals surface area contributed by atoms with Crippen molar-refractivity contribution < 1.29 is 4.79 Å². The Kier molecular flexibility index (Phi) is 6.06. The number of hydrogen-bond acceptors (Lipinski definition) is 3. The van der Waals surface area contributed by atoms with Crippen LogP contribution in [0.15, 0.2) is 65.9 Å². The molecule has 144 valence electrons.